The van der Waals surface area contributed by atoms with Crippen molar-refractivity contribution in [3.8, 4) is 28.4 Å². The predicted octanol–water partition coefficient (Wildman–Crippen LogP) is 6.24. The van der Waals surface area contributed by atoms with Crippen molar-refractivity contribution in [1.82, 2.24) is 25.9 Å². The molecular formula is C34H37Cl2FN6O3. The number of ether oxygens (including phenoxy) is 1. The Labute approximate surface area is 277 Å². The van der Waals surface area contributed by atoms with Crippen LogP contribution in [0.2, 0.25) is 10.0 Å². The first-order valence-corrected chi connectivity index (χ1v) is 15.7. The molecule has 1 aliphatic rings. The summed E-state index contributed by atoms with van der Waals surface area (Å²) in [6.45, 7) is 5.12. The molecule has 5 rings (SSSR count). The van der Waals surface area contributed by atoms with E-state index in [1.165, 1.54) is 0 Å². The van der Waals surface area contributed by atoms with E-state index in [-0.39, 0.29) is 24.2 Å². The maximum absolute atomic E-state index is 15.4. The van der Waals surface area contributed by atoms with E-state index in [2.05, 4.69) is 26.3 Å². The summed E-state index contributed by atoms with van der Waals surface area (Å²) in [7, 11) is 1.57. The molecule has 1 aliphatic heterocycles. The monoisotopic (exact) mass is 666 g/mol. The number of aromatic nitrogens is 2. The van der Waals surface area contributed by atoms with Crippen LogP contribution < -0.4 is 26.0 Å². The second kappa shape index (κ2) is 14.7. The predicted molar refractivity (Wildman–Crippen MR) is 180 cm³/mol. The molecule has 1 fully saturated rings. The summed E-state index contributed by atoms with van der Waals surface area (Å²) in [6.07, 6.45) is 3.01. The van der Waals surface area contributed by atoms with Crippen molar-refractivity contribution in [1.29, 1.82) is 0 Å². The van der Waals surface area contributed by atoms with Gasteiger partial charge in [-0.25, -0.2) is 9.37 Å². The zero-order chi connectivity index (χ0) is 32.8. The van der Waals surface area contributed by atoms with E-state index < -0.39 is 11.4 Å². The molecule has 0 aliphatic carbocycles. The van der Waals surface area contributed by atoms with E-state index in [0.717, 1.165) is 12.0 Å². The molecule has 5 N–H and O–H groups in total. The van der Waals surface area contributed by atoms with Gasteiger partial charge in [0.15, 0.2) is 5.82 Å². The number of amides is 1. The van der Waals surface area contributed by atoms with E-state index in [4.69, 9.17) is 32.9 Å². The topological polar surface area (TPSA) is 120 Å². The Kier molecular flexibility index (Phi) is 10.8. The second-order valence-corrected chi connectivity index (χ2v) is 12.6. The fourth-order valence-corrected chi connectivity index (χ4v) is 5.82. The Hall–Kier alpha value is -3.80. The van der Waals surface area contributed by atoms with Crippen LogP contribution in [0.3, 0.4) is 0 Å². The van der Waals surface area contributed by atoms with E-state index >= 15 is 4.39 Å². The van der Waals surface area contributed by atoms with Crippen molar-refractivity contribution in [2.45, 2.75) is 51.4 Å². The molecule has 1 unspecified atom stereocenters. The number of methoxy groups -OCH3 is 1. The van der Waals surface area contributed by atoms with Gasteiger partial charge in [0.05, 0.1) is 45.5 Å². The Morgan fingerprint density at radius 2 is 1.76 bits per heavy atom. The fraction of sp³-hybridized carbons (Fsp3) is 0.324. The van der Waals surface area contributed by atoms with Crippen LogP contribution in [0.1, 0.15) is 37.8 Å². The molecule has 1 amide bonds. The molecule has 9 nitrogen and oxygen atoms in total. The highest BCUT2D eigenvalue weighted by Crippen LogP contribution is 2.41. The number of nitrogens with one attached hydrogen (secondary N) is 4. The quantitative estimate of drug-likeness (QED) is 0.114. The van der Waals surface area contributed by atoms with Crippen molar-refractivity contribution in [2.75, 3.05) is 25.5 Å². The van der Waals surface area contributed by atoms with Gasteiger partial charge in [-0.3, -0.25) is 9.78 Å². The lowest BCUT2D eigenvalue weighted by molar-refractivity contribution is -0.119. The minimum Gasteiger partial charge on any atom is -0.481 e. The van der Waals surface area contributed by atoms with Gasteiger partial charge in [-0.2, -0.15) is 0 Å². The van der Waals surface area contributed by atoms with Crippen molar-refractivity contribution in [3.05, 3.63) is 87.8 Å². The minimum atomic E-state index is -0.910. The van der Waals surface area contributed by atoms with Crippen molar-refractivity contribution < 1.29 is 19.0 Å². The highest BCUT2D eigenvalue weighted by atomic mass is 35.5. The Bertz CT molecular complexity index is 1720. The maximum atomic E-state index is 15.4. The number of anilines is 2. The summed E-state index contributed by atoms with van der Waals surface area (Å²) in [5.41, 5.74) is 3.40. The van der Waals surface area contributed by atoms with E-state index in [1.807, 2.05) is 12.1 Å². The zero-order valence-electron chi connectivity index (χ0n) is 25.9. The third-order valence-electron chi connectivity index (χ3n) is 7.56. The third kappa shape index (κ3) is 8.12. The van der Waals surface area contributed by atoms with Crippen LogP contribution >= 0.6 is 23.2 Å². The number of benzene rings is 2. The van der Waals surface area contributed by atoms with Gasteiger partial charge in [0.1, 0.15) is 0 Å². The lowest BCUT2D eigenvalue weighted by Gasteiger charge is -2.18. The van der Waals surface area contributed by atoms with Crippen molar-refractivity contribution in [2.24, 2.45) is 0 Å². The maximum Gasteiger partial charge on any atom is 0.220 e. The number of pyridine rings is 2. The van der Waals surface area contributed by atoms with Gasteiger partial charge in [-0.1, -0.05) is 53.5 Å². The molecule has 0 bridgehead atoms. The van der Waals surface area contributed by atoms with Gasteiger partial charge in [-0.05, 0) is 44.5 Å². The first-order valence-electron chi connectivity index (χ1n) is 15.0. The smallest absolute Gasteiger partial charge is 0.220 e. The standard InChI is InChI=1S/C34H37Cl2FN6O3/c1-34(2,45)19-39-16-20-6-4-9-27(31(20)37)42-26-8-5-7-24(29(26)35)32-30(36)23(14-15-40-32)25-12-10-21(33(43-25)46-3)17-38-18-22-11-13-28(44)41-22/h4-10,12,14-15,22,38-39,42,45H,11,13,16-19H2,1-3H3,(H,41,44). The molecule has 2 aromatic heterocycles. The molecule has 242 valence electrons. The number of rotatable bonds is 13. The van der Waals surface area contributed by atoms with Crippen LogP contribution in [-0.2, 0) is 17.9 Å². The molecule has 0 spiro atoms. The van der Waals surface area contributed by atoms with Gasteiger partial charge in [0.2, 0.25) is 11.8 Å². The van der Waals surface area contributed by atoms with Crippen LogP contribution in [0.4, 0.5) is 15.8 Å². The van der Waals surface area contributed by atoms with E-state index in [1.54, 1.807) is 69.6 Å². The largest absolute Gasteiger partial charge is 0.481 e. The van der Waals surface area contributed by atoms with Crippen LogP contribution in [-0.4, -0.2) is 52.8 Å². The molecule has 3 heterocycles. The second-order valence-electron chi connectivity index (χ2n) is 11.8. The first-order chi connectivity index (χ1) is 22.0. The Morgan fingerprint density at radius 3 is 2.50 bits per heavy atom. The summed E-state index contributed by atoms with van der Waals surface area (Å²) in [5, 5.41) is 23.1. The van der Waals surface area contributed by atoms with Crippen LogP contribution in [0.25, 0.3) is 22.5 Å². The van der Waals surface area contributed by atoms with Gasteiger partial charge in [0.25, 0.3) is 0 Å². The van der Waals surface area contributed by atoms with Crippen LogP contribution in [0.5, 0.6) is 5.88 Å². The number of hydrogen-bond donors (Lipinski definition) is 5. The fourth-order valence-electron chi connectivity index (χ4n) is 5.24. The van der Waals surface area contributed by atoms with Gasteiger partial charge in [-0.15, -0.1) is 0 Å². The summed E-state index contributed by atoms with van der Waals surface area (Å²) in [6, 6.07) is 16.1. The summed E-state index contributed by atoms with van der Waals surface area (Å²) >= 11 is 13.8. The third-order valence-corrected chi connectivity index (χ3v) is 8.35. The molecule has 1 saturated heterocycles. The molecular weight excluding hydrogens is 630 g/mol. The molecule has 0 saturated carbocycles. The van der Waals surface area contributed by atoms with Crippen LogP contribution in [0.15, 0.2) is 60.8 Å². The zero-order valence-corrected chi connectivity index (χ0v) is 27.4. The number of hydrogen-bond acceptors (Lipinski definition) is 8. The SMILES string of the molecule is COc1nc(-c2ccnc(-c3cccc(Nc4cccc(CNCC(C)(C)O)c4F)c3Cl)c2Cl)ccc1CNCC1CCC(=O)N1. The van der Waals surface area contributed by atoms with Crippen molar-refractivity contribution >= 4 is 40.5 Å². The number of halogens is 3. The average Bonchev–Trinajstić information content (AvgIpc) is 3.44. The Balaban J connectivity index is 1.35. The first kappa shape index (κ1) is 33.6. The lowest BCUT2D eigenvalue weighted by atomic mass is 10.0. The summed E-state index contributed by atoms with van der Waals surface area (Å²) in [4.78, 5) is 20.7. The number of aliphatic hydroxyl groups is 1. The average molecular weight is 668 g/mol. The molecule has 2 aromatic carbocycles. The summed E-state index contributed by atoms with van der Waals surface area (Å²) < 4.78 is 21.0. The molecule has 0 radical (unpaired) electrons. The van der Waals surface area contributed by atoms with Crippen LogP contribution in [0, 0.1) is 5.82 Å². The van der Waals surface area contributed by atoms with Gasteiger partial charge >= 0.3 is 0 Å². The Morgan fingerprint density at radius 1 is 1.00 bits per heavy atom. The van der Waals surface area contributed by atoms with Gasteiger partial charge < -0.3 is 31.1 Å². The number of nitrogens with zero attached hydrogens (tertiary/aromatic N) is 2. The van der Waals surface area contributed by atoms with Gasteiger partial charge in [0, 0.05) is 67.1 Å². The van der Waals surface area contributed by atoms with E-state index in [0.29, 0.717) is 75.7 Å². The molecule has 12 heteroatoms. The highest BCUT2D eigenvalue weighted by Gasteiger charge is 2.21. The molecule has 1 atom stereocenters. The normalized spacial score (nSPS) is 14.8. The van der Waals surface area contributed by atoms with Crippen molar-refractivity contribution in [3.63, 3.8) is 0 Å². The molecule has 4 aromatic rings. The number of carbonyl (C=O) groups excluding carboxylic acids is 1. The van der Waals surface area contributed by atoms with E-state index in [9.17, 15) is 9.90 Å². The molecule has 46 heavy (non-hydrogen) atoms. The lowest BCUT2D eigenvalue weighted by Crippen LogP contribution is -2.35. The number of carbonyl (C=O) groups is 1. The minimum absolute atomic E-state index is 0.0836. The highest BCUT2D eigenvalue weighted by molar-refractivity contribution is 6.39. The summed E-state index contributed by atoms with van der Waals surface area (Å²) in [5.74, 6) is 0.119.